The van der Waals surface area contributed by atoms with Gasteiger partial charge in [-0.2, -0.15) is 0 Å². The van der Waals surface area contributed by atoms with E-state index < -0.39 is 8.69 Å². The summed E-state index contributed by atoms with van der Waals surface area (Å²) >= 11 is 0. The Morgan fingerprint density at radius 3 is 2.38 bits per heavy atom. The molecule has 0 bridgehead atoms. The zero-order valence-corrected chi connectivity index (χ0v) is 13.4. The van der Waals surface area contributed by atoms with Gasteiger partial charge in [-0.1, -0.05) is 6.07 Å². The van der Waals surface area contributed by atoms with Crippen molar-refractivity contribution in [3.63, 3.8) is 0 Å². The maximum atomic E-state index is 11.3. The second-order valence-electron chi connectivity index (χ2n) is 4.01. The van der Waals surface area contributed by atoms with Gasteiger partial charge in [0.25, 0.3) is 0 Å². The Morgan fingerprint density at radius 1 is 1.14 bits per heavy atom. The molecule has 6 nitrogen and oxygen atoms in total. The van der Waals surface area contributed by atoms with Crippen LogP contribution in [-0.2, 0) is 20.5 Å². The zero-order chi connectivity index (χ0) is 15.7. The fraction of sp³-hybridized carbons (Fsp3) is 0.500. The molecule has 0 fully saturated rings. The van der Waals surface area contributed by atoms with Crippen molar-refractivity contribution in [2.24, 2.45) is 0 Å². The van der Waals surface area contributed by atoms with Crippen molar-refractivity contribution in [2.45, 2.75) is 26.7 Å². The van der Waals surface area contributed by atoms with Crippen LogP contribution in [0, 0.1) is 0 Å². The fourth-order valence-electron chi connectivity index (χ4n) is 1.83. The molecule has 0 aliphatic carbocycles. The molecule has 1 aromatic rings. The normalized spacial score (nSPS) is 10.2. The average Bonchev–Trinajstić information content (AvgIpc) is 2.49. The number of carbonyl (C=O) groups excluding carboxylic acids is 1. The van der Waals surface area contributed by atoms with Crippen molar-refractivity contribution >= 4 is 14.7 Å². The van der Waals surface area contributed by atoms with E-state index in [1.54, 1.807) is 12.1 Å². The minimum Gasteiger partial charge on any atom is -0.490 e. The second-order valence-corrected chi connectivity index (χ2v) is 4.38. The lowest BCUT2D eigenvalue weighted by molar-refractivity contribution is -0.140. The lowest BCUT2D eigenvalue weighted by Crippen LogP contribution is -2.06. The summed E-state index contributed by atoms with van der Waals surface area (Å²) in [5, 5.41) is 0. The minimum absolute atomic E-state index is 0.242. The molecule has 116 valence electrons. The van der Waals surface area contributed by atoms with Crippen LogP contribution in [0.5, 0.6) is 17.2 Å². The van der Waals surface area contributed by atoms with Crippen LogP contribution in [0.15, 0.2) is 12.1 Å². The van der Waals surface area contributed by atoms with Gasteiger partial charge >= 0.3 is 14.7 Å². The van der Waals surface area contributed by atoms with Gasteiger partial charge in [0.05, 0.1) is 20.3 Å². The molecule has 0 heterocycles. The molecule has 1 atom stereocenters. The Balaban J connectivity index is 3.13. The average molecular weight is 315 g/mol. The standard InChI is InChI=1S/C14H20O6P/c1-4-18-13-10(7-9-12(15)17-3)6-8-11(20-21-16)14(13)19-5-2/h6,8,21H,4-5,7,9H2,1-3H3/q+1. The molecule has 7 heteroatoms. The van der Waals surface area contributed by atoms with Gasteiger partial charge in [0.2, 0.25) is 11.5 Å². The summed E-state index contributed by atoms with van der Waals surface area (Å²) in [4.78, 5) is 11.3. The number of methoxy groups -OCH3 is 1. The fourth-order valence-corrected chi connectivity index (χ4v) is 2.08. The molecule has 0 saturated heterocycles. The topological polar surface area (TPSA) is 71.1 Å². The highest BCUT2D eigenvalue weighted by molar-refractivity contribution is 7.17. The largest absolute Gasteiger partial charge is 0.542 e. The predicted molar refractivity (Wildman–Crippen MR) is 78.7 cm³/mol. The molecule has 1 aromatic carbocycles. The molecule has 1 unspecified atom stereocenters. The van der Waals surface area contributed by atoms with Crippen LogP contribution in [-0.4, -0.2) is 26.3 Å². The molecule has 0 aromatic heterocycles. The number of aryl methyl sites for hydroxylation is 1. The molecule has 1 rings (SSSR count). The monoisotopic (exact) mass is 315 g/mol. The van der Waals surface area contributed by atoms with Gasteiger partial charge in [-0.15, -0.1) is 0 Å². The van der Waals surface area contributed by atoms with Gasteiger partial charge in [0.1, 0.15) is 0 Å². The maximum Gasteiger partial charge on any atom is 0.542 e. The Labute approximate surface area is 125 Å². The molecular formula is C14H20O6P+. The van der Waals surface area contributed by atoms with E-state index in [0.29, 0.717) is 36.9 Å². The number of rotatable bonds is 9. The highest BCUT2D eigenvalue weighted by atomic mass is 31.1. The maximum absolute atomic E-state index is 11.3. The number of carbonyl (C=O) groups is 1. The van der Waals surface area contributed by atoms with Gasteiger partial charge in [0.15, 0.2) is 5.75 Å². The van der Waals surface area contributed by atoms with E-state index in [4.69, 9.17) is 14.0 Å². The molecule has 0 spiro atoms. The van der Waals surface area contributed by atoms with E-state index in [0.717, 1.165) is 5.56 Å². The molecule has 0 N–H and O–H groups in total. The summed E-state index contributed by atoms with van der Waals surface area (Å²) in [6.45, 7) is 4.54. The van der Waals surface area contributed by atoms with Crippen molar-refractivity contribution in [3.8, 4) is 17.2 Å². The molecule has 0 radical (unpaired) electrons. The van der Waals surface area contributed by atoms with Crippen LogP contribution < -0.4 is 14.0 Å². The van der Waals surface area contributed by atoms with Crippen LogP contribution in [0.2, 0.25) is 0 Å². The minimum atomic E-state index is -0.932. The van der Waals surface area contributed by atoms with Crippen molar-refractivity contribution in [1.82, 2.24) is 0 Å². The van der Waals surface area contributed by atoms with E-state index in [1.807, 2.05) is 13.8 Å². The smallest absolute Gasteiger partial charge is 0.490 e. The molecule has 0 aliphatic rings. The highest BCUT2D eigenvalue weighted by Crippen LogP contribution is 2.42. The number of hydrogen-bond donors (Lipinski definition) is 0. The molecule has 0 aliphatic heterocycles. The first kappa shape index (κ1) is 17.2. The van der Waals surface area contributed by atoms with Crippen LogP contribution >= 0.6 is 8.69 Å². The quantitative estimate of drug-likeness (QED) is 0.515. The van der Waals surface area contributed by atoms with Crippen molar-refractivity contribution < 1.29 is 28.1 Å². The van der Waals surface area contributed by atoms with Crippen molar-refractivity contribution in [1.29, 1.82) is 0 Å². The number of esters is 1. The number of ether oxygens (including phenoxy) is 3. The Morgan fingerprint density at radius 2 is 1.81 bits per heavy atom. The Kier molecular flexibility index (Phi) is 7.54. The van der Waals surface area contributed by atoms with E-state index in [1.165, 1.54) is 7.11 Å². The van der Waals surface area contributed by atoms with Crippen LogP contribution in [0.3, 0.4) is 0 Å². The van der Waals surface area contributed by atoms with Gasteiger partial charge in [0, 0.05) is 6.42 Å². The third-order valence-corrected chi connectivity index (χ3v) is 3.02. The Hall–Kier alpha value is -1.81. The van der Waals surface area contributed by atoms with Crippen LogP contribution in [0.4, 0.5) is 0 Å². The van der Waals surface area contributed by atoms with Gasteiger partial charge in [-0.05, 0) is 36.5 Å². The molecule has 0 saturated carbocycles. The summed E-state index contributed by atoms with van der Waals surface area (Å²) in [5.74, 6) is 0.983. The lowest BCUT2D eigenvalue weighted by atomic mass is 10.1. The van der Waals surface area contributed by atoms with E-state index in [9.17, 15) is 9.36 Å². The number of hydrogen-bond acceptors (Lipinski definition) is 6. The van der Waals surface area contributed by atoms with E-state index >= 15 is 0 Å². The first-order valence-corrected chi connectivity index (χ1v) is 7.51. The molecule has 21 heavy (non-hydrogen) atoms. The molecular weight excluding hydrogens is 295 g/mol. The SMILES string of the molecule is CCOc1c(CCC(=O)OC)ccc(O[PH+]=O)c1OCC. The predicted octanol–water partition coefficient (Wildman–Crippen LogP) is 2.91. The highest BCUT2D eigenvalue weighted by Gasteiger charge is 2.20. The summed E-state index contributed by atoms with van der Waals surface area (Å²) in [6.07, 6.45) is 0.702. The molecule has 0 amide bonds. The summed E-state index contributed by atoms with van der Waals surface area (Å²) in [5.41, 5.74) is 0.812. The first-order chi connectivity index (χ1) is 10.2. The van der Waals surface area contributed by atoms with Gasteiger partial charge in [-0.25, -0.2) is 0 Å². The van der Waals surface area contributed by atoms with Crippen molar-refractivity contribution in [3.05, 3.63) is 17.7 Å². The first-order valence-electron chi connectivity index (χ1n) is 6.70. The van der Waals surface area contributed by atoms with Gasteiger partial charge < -0.3 is 14.2 Å². The second kappa shape index (κ2) is 9.19. The Bertz CT molecular complexity index is 489. The summed E-state index contributed by atoms with van der Waals surface area (Å²) in [6, 6.07) is 3.43. The van der Waals surface area contributed by atoms with Crippen LogP contribution in [0.1, 0.15) is 25.8 Å². The zero-order valence-electron chi connectivity index (χ0n) is 12.4. The third kappa shape index (κ3) is 4.90. The van der Waals surface area contributed by atoms with Crippen LogP contribution in [0.25, 0.3) is 0 Å². The number of benzene rings is 1. The van der Waals surface area contributed by atoms with Crippen molar-refractivity contribution in [2.75, 3.05) is 20.3 Å². The summed E-state index contributed by atoms with van der Waals surface area (Å²) in [7, 11) is 0.419. The van der Waals surface area contributed by atoms with Gasteiger partial charge in [-0.3, -0.25) is 9.32 Å². The van der Waals surface area contributed by atoms with E-state index in [-0.39, 0.29) is 12.4 Å². The third-order valence-electron chi connectivity index (χ3n) is 2.71. The van der Waals surface area contributed by atoms with E-state index in [2.05, 4.69) is 4.74 Å². The lowest BCUT2D eigenvalue weighted by Gasteiger charge is -2.15. The summed E-state index contributed by atoms with van der Waals surface area (Å²) < 4.78 is 31.6.